The summed E-state index contributed by atoms with van der Waals surface area (Å²) in [5.74, 6) is -2.00. The van der Waals surface area contributed by atoms with Gasteiger partial charge in [0.2, 0.25) is 0 Å². The topological polar surface area (TPSA) is 89.1 Å². The normalized spacial score (nSPS) is 10.3. The first kappa shape index (κ1) is 12.0. The fourth-order valence-corrected chi connectivity index (χ4v) is 1.57. The number of carbonyl (C=O) groups is 1. The van der Waals surface area contributed by atoms with Crippen LogP contribution >= 0.6 is 0 Å². The van der Waals surface area contributed by atoms with Crippen molar-refractivity contribution in [2.45, 2.75) is 6.92 Å². The van der Waals surface area contributed by atoms with Gasteiger partial charge >= 0.3 is 5.97 Å². The van der Waals surface area contributed by atoms with Crippen LogP contribution in [0, 0.1) is 12.7 Å². The SMILES string of the molecule is Cc1ccnc(-c2cc(N)c(C(=O)O)c(F)c2)n1. The zero-order valence-electron chi connectivity index (χ0n) is 9.51. The lowest BCUT2D eigenvalue weighted by Gasteiger charge is -2.06. The molecule has 0 amide bonds. The Hall–Kier alpha value is -2.50. The van der Waals surface area contributed by atoms with Crippen molar-refractivity contribution < 1.29 is 14.3 Å². The summed E-state index contributed by atoms with van der Waals surface area (Å²) in [4.78, 5) is 18.9. The molecule has 18 heavy (non-hydrogen) atoms. The van der Waals surface area contributed by atoms with Gasteiger partial charge in [-0.2, -0.15) is 0 Å². The highest BCUT2D eigenvalue weighted by molar-refractivity contribution is 5.94. The predicted molar refractivity (Wildman–Crippen MR) is 63.5 cm³/mol. The number of carboxylic acid groups (broad SMARTS) is 1. The van der Waals surface area contributed by atoms with E-state index >= 15 is 0 Å². The Morgan fingerprint density at radius 2 is 2.17 bits per heavy atom. The molecule has 0 fully saturated rings. The van der Waals surface area contributed by atoms with Crippen molar-refractivity contribution in [3.05, 3.63) is 41.5 Å². The summed E-state index contributed by atoms with van der Waals surface area (Å²) in [6, 6.07) is 4.12. The van der Waals surface area contributed by atoms with E-state index in [1.165, 1.54) is 12.3 Å². The number of nitrogens with two attached hydrogens (primary N) is 1. The highest BCUT2D eigenvalue weighted by Gasteiger charge is 2.17. The maximum Gasteiger partial charge on any atom is 0.340 e. The number of hydrogen-bond donors (Lipinski definition) is 2. The number of nitrogens with zero attached hydrogens (tertiary/aromatic N) is 2. The maximum atomic E-state index is 13.6. The number of halogens is 1. The van der Waals surface area contributed by atoms with Crippen LogP contribution in [0.3, 0.4) is 0 Å². The number of aromatic nitrogens is 2. The van der Waals surface area contributed by atoms with Gasteiger partial charge in [0.05, 0.1) is 0 Å². The molecule has 1 aromatic heterocycles. The predicted octanol–water partition coefficient (Wildman–Crippen LogP) is 1.87. The Bertz CT molecular complexity index is 605. The number of nitrogen functional groups attached to an aromatic ring is 1. The van der Waals surface area contributed by atoms with E-state index < -0.39 is 17.3 Å². The van der Waals surface area contributed by atoms with E-state index in [0.29, 0.717) is 11.4 Å². The van der Waals surface area contributed by atoms with Gasteiger partial charge in [0.1, 0.15) is 11.4 Å². The van der Waals surface area contributed by atoms with Gasteiger partial charge in [-0.05, 0) is 25.1 Å². The second kappa shape index (κ2) is 4.40. The fraction of sp³-hybridized carbons (Fsp3) is 0.0833. The minimum Gasteiger partial charge on any atom is -0.478 e. The number of aryl methyl sites for hydroxylation is 1. The third-order valence-electron chi connectivity index (χ3n) is 2.39. The van der Waals surface area contributed by atoms with Crippen molar-refractivity contribution in [1.82, 2.24) is 9.97 Å². The average molecular weight is 247 g/mol. The number of benzene rings is 1. The lowest BCUT2D eigenvalue weighted by Crippen LogP contribution is -2.06. The second-order valence-electron chi connectivity index (χ2n) is 3.75. The van der Waals surface area contributed by atoms with Crippen molar-refractivity contribution in [2.75, 3.05) is 5.73 Å². The van der Waals surface area contributed by atoms with Gasteiger partial charge in [-0.1, -0.05) is 0 Å². The zero-order valence-corrected chi connectivity index (χ0v) is 9.51. The Kier molecular flexibility index (Phi) is 2.93. The lowest BCUT2D eigenvalue weighted by molar-refractivity contribution is 0.0693. The first-order valence-electron chi connectivity index (χ1n) is 5.11. The molecular weight excluding hydrogens is 237 g/mol. The van der Waals surface area contributed by atoms with Gasteiger partial charge in [-0.25, -0.2) is 19.2 Å². The molecule has 0 spiro atoms. The van der Waals surface area contributed by atoms with Gasteiger partial charge < -0.3 is 10.8 Å². The largest absolute Gasteiger partial charge is 0.478 e. The molecule has 3 N–H and O–H groups in total. The number of aromatic carboxylic acids is 1. The van der Waals surface area contributed by atoms with E-state index in [9.17, 15) is 9.18 Å². The number of hydrogen-bond acceptors (Lipinski definition) is 4. The third-order valence-corrected chi connectivity index (χ3v) is 2.39. The van der Waals surface area contributed by atoms with Crippen LogP contribution in [0.15, 0.2) is 24.4 Å². The molecule has 0 bridgehead atoms. The maximum absolute atomic E-state index is 13.6. The second-order valence-corrected chi connectivity index (χ2v) is 3.75. The summed E-state index contributed by atoms with van der Waals surface area (Å²) in [7, 11) is 0. The van der Waals surface area contributed by atoms with Crippen molar-refractivity contribution in [3.63, 3.8) is 0 Å². The van der Waals surface area contributed by atoms with Crippen LogP contribution in [0.4, 0.5) is 10.1 Å². The molecule has 0 saturated heterocycles. The van der Waals surface area contributed by atoms with Gasteiger partial charge in [0.25, 0.3) is 0 Å². The molecular formula is C12H10FN3O2. The summed E-state index contributed by atoms with van der Waals surface area (Å²) in [6.45, 7) is 1.77. The lowest BCUT2D eigenvalue weighted by atomic mass is 10.1. The van der Waals surface area contributed by atoms with E-state index in [0.717, 1.165) is 11.8 Å². The highest BCUT2D eigenvalue weighted by Crippen LogP contribution is 2.24. The molecule has 0 aliphatic carbocycles. The minimum atomic E-state index is -1.40. The van der Waals surface area contributed by atoms with Crippen LogP contribution in [0.25, 0.3) is 11.4 Å². The van der Waals surface area contributed by atoms with Gasteiger partial charge in [-0.3, -0.25) is 0 Å². The van der Waals surface area contributed by atoms with E-state index in [1.807, 2.05) is 0 Å². The van der Waals surface area contributed by atoms with Crippen molar-refractivity contribution in [2.24, 2.45) is 0 Å². The molecule has 1 heterocycles. The summed E-state index contributed by atoms with van der Waals surface area (Å²) >= 11 is 0. The zero-order chi connectivity index (χ0) is 13.3. The molecule has 1 aromatic carbocycles. The standard InChI is InChI=1S/C12H10FN3O2/c1-6-2-3-15-11(16-6)7-4-8(13)10(12(17)18)9(14)5-7/h2-5H,14H2,1H3,(H,17,18). The summed E-state index contributed by atoms with van der Waals surface area (Å²) < 4.78 is 13.6. The molecule has 2 aromatic rings. The molecule has 0 atom stereocenters. The van der Waals surface area contributed by atoms with Crippen LogP contribution in [-0.4, -0.2) is 21.0 Å². The third kappa shape index (κ3) is 2.13. The molecule has 0 unspecified atom stereocenters. The van der Waals surface area contributed by atoms with E-state index in [2.05, 4.69) is 9.97 Å². The summed E-state index contributed by atoms with van der Waals surface area (Å²) in [5, 5.41) is 8.80. The molecule has 2 rings (SSSR count). The molecule has 0 radical (unpaired) electrons. The average Bonchev–Trinajstić information content (AvgIpc) is 2.27. The molecule has 6 heteroatoms. The van der Waals surface area contributed by atoms with E-state index in [1.54, 1.807) is 13.0 Å². The Balaban J connectivity index is 2.58. The molecule has 0 aliphatic rings. The van der Waals surface area contributed by atoms with Crippen LogP contribution < -0.4 is 5.73 Å². The highest BCUT2D eigenvalue weighted by atomic mass is 19.1. The molecule has 0 aliphatic heterocycles. The first-order chi connectivity index (χ1) is 8.49. The molecule has 92 valence electrons. The number of rotatable bonds is 2. The Morgan fingerprint density at radius 1 is 1.44 bits per heavy atom. The molecule has 0 saturated carbocycles. The summed E-state index contributed by atoms with van der Waals surface area (Å²) in [5.41, 5.74) is 5.91. The minimum absolute atomic E-state index is 0.150. The van der Waals surface area contributed by atoms with Crippen LogP contribution in [0.5, 0.6) is 0 Å². The quantitative estimate of drug-likeness (QED) is 0.791. The Morgan fingerprint density at radius 3 is 2.72 bits per heavy atom. The van der Waals surface area contributed by atoms with Crippen LogP contribution in [-0.2, 0) is 0 Å². The number of carboxylic acids is 1. The van der Waals surface area contributed by atoms with Crippen molar-refractivity contribution in [1.29, 1.82) is 0 Å². The van der Waals surface area contributed by atoms with Crippen LogP contribution in [0.1, 0.15) is 16.1 Å². The van der Waals surface area contributed by atoms with Crippen LogP contribution in [0.2, 0.25) is 0 Å². The fourth-order valence-electron chi connectivity index (χ4n) is 1.57. The van der Waals surface area contributed by atoms with E-state index in [4.69, 9.17) is 10.8 Å². The van der Waals surface area contributed by atoms with Gasteiger partial charge in [0, 0.05) is 23.1 Å². The van der Waals surface area contributed by atoms with Gasteiger partial charge in [-0.15, -0.1) is 0 Å². The monoisotopic (exact) mass is 247 g/mol. The smallest absolute Gasteiger partial charge is 0.340 e. The Labute approximate surface area is 102 Å². The van der Waals surface area contributed by atoms with Crippen molar-refractivity contribution in [3.8, 4) is 11.4 Å². The molecule has 5 nitrogen and oxygen atoms in total. The summed E-state index contributed by atoms with van der Waals surface area (Å²) in [6.07, 6.45) is 1.54. The number of anilines is 1. The first-order valence-corrected chi connectivity index (χ1v) is 5.11. The van der Waals surface area contributed by atoms with Crippen molar-refractivity contribution >= 4 is 11.7 Å². The van der Waals surface area contributed by atoms with Gasteiger partial charge in [0.15, 0.2) is 5.82 Å². The van der Waals surface area contributed by atoms with E-state index in [-0.39, 0.29) is 5.69 Å².